The molecule has 0 heterocycles. The first kappa shape index (κ1) is 20.7. The Morgan fingerprint density at radius 1 is 0.889 bits per heavy atom. The lowest BCUT2D eigenvalue weighted by Gasteiger charge is -2.10. The fraction of sp³-hybridized carbons (Fsp3) is 0.391. The van der Waals surface area contributed by atoms with Gasteiger partial charge in [0, 0.05) is 18.1 Å². The normalized spacial score (nSPS) is 10.4. The number of carbonyl (C=O) groups is 2. The van der Waals surface area contributed by atoms with Crippen molar-refractivity contribution in [1.29, 1.82) is 0 Å². The van der Waals surface area contributed by atoms with Gasteiger partial charge in [0.05, 0.1) is 12.3 Å². The largest absolute Gasteiger partial charge is 0.494 e. The number of ether oxygens (including phenoxy) is 1. The van der Waals surface area contributed by atoms with Crippen molar-refractivity contribution in [2.45, 2.75) is 52.4 Å². The molecule has 27 heavy (non-hydrogen) atoms. The molecule has 144 valence electrons. The zero-order chi connectivity index (χ0) is 19.5. The number of hydrogen-bond donors (Lipinski definition) is 1. The van der Waals surface area contributed by atoms with E-state index >= 15 is 0 Å². The molecule has 0 atom stereocenters. The molecule has 0 bridgehead atoms. The maximum atomic E-state index is 12.8. The maximum absolute atomic E-state index is 12.8. The summed E-state index contributed by atoms with van der Waals surface area (Å²) in [6.45, 7) is 4.35. The lowest BCUT2D eigenvalue weighted by molar-refractivity contribution is -0.114. The van der Waals surface area contributed by atoms with Crippen LogP contribution >= 0.6 is 0 Å². The number of amides is 1. The molecule has 0 unspecified atom stereocenters. The SMILES string of the molecule is CCCCCCCCOc1ccc(C(=O)c2ccccc2NC(C)=O)cc1. The minimum absolute atomic E-state index is 0.123. The highest BCUT2D eigenvalue weighted by Gasteiger charge is 2.14. The third-order valence-electron chi connectivity index (χ3n) is 4.37. The van der Waals surface area contributed by atoms with Crippen molar-refractivity contribution in [2.75, 3.05) is 11.9 Å². The molecular weight excluding hydrogens is 338 g/mol. The van der Waals surface area contributed by atoms with Crippen molar-refractivity contribution in [3.8, 4) is 5.75 Å². The number of nitrogens with one attached hydrogen (secondary N) is 1. The second-order valence-electron chi connectivity index (χ2n) is 6.70. The molecule has 0 saturated heterocycles. The molecule has 1 N–H and O–H groups in total. The van der Waals surface area contributed by atoms with Gasteiger partial charge in [-0.15, -0.1) is 0 Å². The summed E-state index contributed by atoms with van der Waals surface area (Å²) < 4.78 is 5.76. The molecule has 0 aromatic heterocycles. The molecular formula is C23H29NO3. The maximum Gasteiger partial charge on any atom is 0.221 e. The van der Waals surface area contributed by atoms with E-state index < -0.39 is 0 Å². The van der Waals surface area contributed by atoms with Gasteiger partial charge in [-0.05, 0) is 42.8 Å². The highest BCUT2D eigenvalue weighted by atomic mass is 16.5. The van der Waals surface area contributed by atoms with E-state index in [0.29, 0.717) is 23.4 Å². The fourth-order valence-electron chi connectivity index (χ4n) is 2.91. The van der Waals surface area contributed by atoms with Gasteiger partial charge < -0.3 is 10.1 Å². The van der Waals surface area contributed by atoms with Crippen molar-refractivity contribution in [3.05, 3.63) is 59.7 Å². The molecule has 0 fully saturated rings. The van der Waals surface area contributed by atoms with E-state index in [1.165, 1.54) is 39.0 Å². The van der Waals surface area contributed by atoms with Gasteiger partial charge in [0.2, 0.25) is 5.91 Å². The number of unbranched alkanes of at least 4 members (excludes halogenated alkanes) is 5. The van der Waals surface area contributed by atoms with Crippen LogP contribution in [0.3, 0.4) is 0 Å². The molecule has 0 aliphatic heterocycles. The molecule has 2 aromatic carbocycles. The van der Waals surface area contributed by atoms with Gasteiger partial charge >= 0.3 is 0 Å². The van der Waals surface area contributed by atoms with Crippen LogP contribution in [-0.2, 0) is 4.79 Å². The van der Waals surface area contributed by atoms with Crippen LogP contribution in [-0.4, -0.2) is 18.3 Å². The Morgan fingerprint density at radius 3 is 2.26 bits per heavy atom. The minimum atomic E-state index is -0.200. The summed E-state index contributed by atoms with van der Waals surface area (Å²) in [5.74, 6) is 0.450. The predicted molar refractivity (Wildman–Crippen MR) is 109 cm³/mol. The van der Waals surface area contributed by atoms with E-state index in [2.05, 4.69) is 12.2 Å². The Balaban J connectivity index is 1.89. The topological polar surface area (TPSA) is 55.4 Å². The van der Waals surface area contributed by atoms with Crippen molar-refractivity contribution in [1.82, 2.24) is 0 Å². The standard InChI is InChI=1S/C23H29NO3/c1-3-4-5-6-7-10-17-27-20-15-13-19(14-16-20)23(26)21-11-8-9-12-22(21)24-18(2)25/h8-9,11-16H,3-7,10,17H2,1-2H3,(H,24,25). The Morgan fingerprint density at radius 2 is 1.56 bits per heavy atom. The average molecular weight is 367 g/mol. The molecule has 0 saturated carbocycles. The number of carbonyl (C=O) groups excluding carboxylic acids is 2. The van der Waals surface area contributed by atoms with Crippen LogP contribution in [0.1, 0.15) is 68.3 Å². The molecule has 0 aliphatic rings. The molecule has 4 heteroatoms. The number of benzene rings is 2. The van der Waals surface area contributed by atoms with Crippen LogP contribution in [0, 0.1) is 0 Å². The van der Waals surface area contributed by atoms with Gasteiger partial charge in [-0.2, -0.15) is 0 Å². The van der Waals surface area contributed by atoms with Gasteiger partial charge in [-0.3, -0.25) is 9.59 Å². The van der Waals surface area contributed by atoms with Crippen LogP contribution in [0.5, 0.6) is 5.75 Å². The van der Waals surface area contributed by atoms with E-state index in [0.717, 1.165) is 12.2 Å². The Bertz CT molecular complexity index is 738. The van der Waals surface area contributed by atoms with Gasteiger partial charge in [0.25, 0.3) is 0 Å². The number of anilines is 1. The molecule has 0 aliphatic carbocycles. The summed E-state index contributed by atoms with van der Waals surface area (Å²) in [5, 5.41) is 2.70. The van der Waals surface area contributed by atoms with E-state index in [1.54, 1.807) is 36.4 Å². The highest BCUT2D eigenvalue weighted by molar-refractivity contribution is 6.13. The van der Waals surface area contributed by atoms with Crippen LogP contribution in [0.15, 0.2) is 48.5 Å². The van der Waals surface area contributed by atoms with Crippen molar-refractivity contribution in [3.63, 3.8) is 0 Å². The van der Waals surface area contributed by atoms with Crippen LogP contribution < -0.4 is 10.1 Å². The minimum Gasteiger partial charge on any atom is -0.494 e. The first-order valence-electron chi connectivity index (χ1n) is 9.76. The zero-order valence-electron chi connectivity index (χ0n) is 16.3. The van der Waals surface area contributed by atoms with Crippen LogP contribution in [0.25, 0.3) is 0 Å². The molecule has 2 rings (SSSR count). The summed E-state index contributed by atoms with van der Waals surface area (Å²) in [6.07, 6.45) is 7.37. The zero-order valence-corrected chi connectivity index (χ0v) is 16.3. The molecule has 0 spiro atoms. The Hall–Kier alpha value is -2.62. The summed E-state index contributed by atoms with van der Waals surface area (Å²) in [7, 11) is 0. The van der Waals surface area contributed by atoms with Gasteiger partial charge in [0.1, 0.15) is 5.75 Å². The summed E-state index contributed by atoms with van der Waals surface area (Å²) in [4.78, 5) is 24.1. The summed E-state index contributed by atoms with van der Waals surface area (Å²) in [5.41, 5.74) is 1.58. The third kappa shape index (κ3) is 6.89. The molecule has 2 aromatic rings. The van der Waals surface area contributed by atoms with Crippen LogP contribution in [0.2, 0.25) is 0 Å². The number of ketones is 1. The van der Waals surface area contributed by atoms with E-state index in [1.807, 2.05) is 12.1 Å². The molecule has 0 radical (unpaired) electrons. The fourth-order valence-corrected chi connectivity index (χ4v) is 2.91. The number of rotatable bonds is 11. The van der Waals surface area contributed by atoms with E-state index in [9.17, 15) is 9.59 Å². The second-order valence-corrected chi connectivity index (χ2v) is 6.70. The van der Waals surface area contributed by atoms with Gasteiger partial charge in [0.15, 0.2) is 5.78 Å². The highest BCUT2D eigenvalue weighted by Crippen LogP contribution is 2.21. The van der Waals surface area contributed by atoms with E-state index in [4.69, 9.17) is 4.74 Å². The first-order chi connectivity index (χ1) is 13.1. The van der Waals surface area contributed by atoms with Crippen molar-refractivity contribution < 1.29 is 14.3 Å². The van der Waals surface area contributed by atoms with Gasteiger partial charge in [-0.1, -0.05) is 51.2 Å². The number of para-hydroxylation sites is 1. The lowest BCUT2D eigenvalue weighted by atomic mass is 10.0. The number of hydrogen-bond acceptors (Lipinski definition) is 3. The first-order valence-corrected chi connectivity index (χ1v) is 9.76. The summed E-state index contributed by atoms with van der Waals surface area (Å²) in [6, 6.07) is 14.2. The Labute approximate surface area is 161 Å². The van der Waals surface area contributed by atoms with Crippen molar-refractivity contribution in [2.24, 2.45) is 0 Å². The van der Waals surface area contributed by atoms with Crippen LogP contribution in [0.4, 0.5) is 5.69 Å². The predicted octanol–water partition coefficient (Wildman–Crippen LogP) is 5.62. The Kier molecular flexibility index (Phi) is 8.56. The monoisotopic (exact) mass is 367 g/mol. The lowest BCUT2D eigenvalue weighted by Crippen LogP contribution is -2.11. The smallest absolute Gasteiger partial charge is 0.221 e. The third-order valence-corrected chi connectivity index (χ3v) is 4.37. The average Bonchev–Trinajstić information content (AvgIpc) is 2.67. The van der Waals surface area contributed by atoms with Crippen molar-refractivity contribution >= 4 is 17.4 Å². The summed E-state index contributed by atoms with van der Waals surface area (Å²) >= 11 is 0. The second kappa shape index (κ2) is 11.2. The molecule has 1 amide bonds. The molecule has 4 nitrogen and oxygen atoms in total. The quantitative estimate of drug-likeness (QED) is 0.414. The van der Waals surface area contributed by atoms with Gasteiger partial charge in [-0.25, -0.2) is 0 Å². The van der Waals surface area contributed by atoms with E-state index in [-0.39, 0.29) is 11.7 Å².